The molecule has 0 saturated carbocycles. The van der Waals surface area contributed by atoms with Gasteiger partial charge in [-0.1, -0.05) is 12.1 Å². The van der Waals surface area contributed by atoms with E-state index in [-0.39, 0.29) is 29.8 Å². The lowest BCUT2D eigenvalue weighted by Gasteiger charge is -2.45. The molecule has 2 aliphatic heterocycles. The van der Waals surface area contributed by atoms with Crippen molar-refractivity contribution in [3.05, 3.63) is 52.7 Å². The Morgan fingerprint density at radius 2 is 1.77 bits per heavy atom. The summed E-state index contributed by atoms with van der Waals surface area (Å²) in [6.07, 6.45) is 7.90. The van der Waals surface area contributed by atoms with E-state index in [1.54, 1.807) is 0 Å². The van der Waals surface area contributed by atoms with Crippen molar-refractivity contribution in [2.24, 2.45) is 0 Å². The fraction of sp³-hybridized carbons (Fsp3) is 0.455. The minimum absolute atomic E-state index is 0.0420. The van der Waals surface area contributed by atoms with Crippen molar-refractivity contribution in [3.8, 4) is 0 Å². The molecule has 9 nitrogen and oxygen atoms in total. The number of amides is 1. The number of piperidine rings is 2. The number of benzene rings is 1. The first-order chi connectivity index (χ1) is 15.1. The highest BCUT2D eigenvalue weighted by Gasteiger charge is 2.35. The second kappa shape index (κ2) is 8.14. The summed E-state index contributed by atoms with van der Waals surface area (Å²) in [5, 5.41) is 0. The highest BCUT2D eigenvalue weighted by Crippen LogP contribution is 2.30. The molecule has 9 heteroatoms. The van der Waals surface area contributed by atoms with Crippen LogP contribution < -0.4 is 11.4 Å². The quantitative estimate of drug-likeness (QED) is 0.669. The number of para-hydroxylation sites is 2. The van der Waals surface area contributed by atoms with E-state index in [0.29, 0.717) is 5.56 Å². The van der Waals surface area contributed by atoms with Crippen LogP contribution in [0.25, 0.3) is 11.0 Å². The van der Waals surface area contributed by atoms with E-state index in [4.69, 9.17) is 5.73 Å². The molecule has 31 heavy (non-hydrogen) atoms. The number of anilines is 1. The third-order valence-electron chi connectivity index (χ3n) is 6.56. The molecule has 2 fully saturated rings. The molecule has 1 atom stereocenters. The molecule has 1 unspecified atom stereocenters. The van der Waals surface area contributed by atoms with Gasteiger partial charge in [-0.05, 0) is 44.2 Å². The monoisotopic (exact) mass is 421 g/mol. The lowest BCUT2D eigenvalue weighted by Crippen LogP contribution is -2.55. The summed E-state index contributed by atoms with van der Waals surface area (Å²) in [6, 6.07) is 8.00. The summed E-state index contributed by atoms with van der Waals surface area (Å²) in [5.74, 6) is 0.126. The van der Waals surface area contributed by atoms with Crippen molar-refractivity contribution in [3.63, 3.8) is 0 Å². The van der Waals surface area contributed by atoms with Crippen LogP contribution in [-0.2, 0) is 0 Å². The van der Waals surface area contributed by atoms with E-state index >= 15 is 0 Å². The van der Waals surface area contributed by atoms with Crippen molar-refractivity contribution in [2.45, 2.75) is 44.3 Å². The Hall–Kier alpha value is -3.20. The first-order valence-electron chi connectivity index (χ1n) is 10.9. The maximum absolute atomic E-state index is 13.1. The summed E-state index contributed by atoms with van der Waals surface area (Å²) in [7, 11) is 0. The first kappa shape index (κ1) is 19.7. The van der Waals surface area contributed by atoms with Crippen LogP contribution in [-0.4, -0.2) is 61.0 Å². The molecule has 162 valence electrons. The lowest BCUT2D eigenvalue weighted by molar-refractivity contribution is 0.00116. The summed E-state index contributed by atoms with van der Waals surface area (Å²) in [5.41, 5.74) is 7.84. The molecule has 2 saturated heterocycles. The number of nitrogens with one attached hydrogen (secondary N) is 1. The Morgan fingerprint density at radius 1 is 1.03 bits per heavy atom. The zero-order valence-corrected chi connectivity index (χ0v) is 17.4. The van der Waals surface area contributed by atoms with Gasteiger partial charge in [0, 0.05) is 38.1 Å². The van der Waals surface area contributed by atoms with E-state index in [1.165, 1.54) is 12.4 Å². The Morgan fingerprint density at radius 3 is 2.55 bits per heavy atom. The molecule has 0 radical (unpaired) electrons. The van der Waals surface area contributed by atoms with Crippen LogP contribution in [0.5, 0.6) is 0 Å². The number of nitrogen functional groups attached to an aromatic ring is 1. The number of carbonyl (C=O) groups excluding carboxylic acids is 1. The zero-order valence-electron chi connectivity index (χ0n) is 17.4. The van der Waals surface area contributed by atoms with Crippen LogP contribution >= 0.6 is 0 Å². The van der Waals surface area contributed by atoms with Gasteiger partial charge in [0.2, 0.25) is 5.95 Å². The Balaban J connectivity index is 1.31. The van der Waals surface area contributed by atoms with Crippen molar-refractivity contribution < 1.29 is 4.79 Å². The number of fused-ring (bicyclic) bond motifs is 1. The van der Waals surface area contributed by atoms with E-state index in [1.807, 2.05) is 33.7 Å². The van der Waals surface area contributed by atoms with Crippen LogP contribution in [0, 0.1) is 0 Å². The van der Waals surface area contributed by atoms with Crippen molar-refractivity contribution in [1.29, 1.82) is 0 Å². The number of aromatic amines is 1. The Labute approximate surface area is 179 Å². The van der Waals surface area contributed by atoms with Gasteiger partial charge in [-0.15, -0.1) is 0 Å². The summed E-state index contributed by atoms with van der Waals surface area (Å²) in [6.45, 7) is 2.43. The lowest BCUT2D eigenvalue weighted by atomic mass is 10.00. The number of nitrogens with two attached hydrogens (primary N) is 1. The van der Waals surface area contributed by atoms with Gasteiger partial charge in [-0.3, -0.25) is 14.3 Å². The molecule has 3 N–H and O–H groups in total. The van der Waals surface area contributed by atoms with Gasteiger partial charge in [0.05, 0.1) is 22.8 Å². The number of imidazole rings is 1. The first-order valence-corrected chi connectivity index (χ1v) is 10.9. The maximum atomic E-state index is 13.1. The number of hydrogen-bond donors (Lipinski definition) is 2. The second-order valence-corrected chi connectivity index (χ2v) is 8.39. The molecular formula is C22H27N7O2. The van der Waals surface area contributed by atoms with E-state index in [0.717, 1.165) is 62.8 Å². The molecule has 0 aliphatic carbocycles. The normalized spacial score (nSPS) is 20.9. The van der Waals surface area contributed by atoms with Gasteiger partial charge in [-0.25, -0.2) is 14.8 Å². The van der Waals surface area contributed by atoms with Crippen LogP contribution in [0.4, 0.5) is 5.95 Å². The number of rotatable bonds is 3. The number of hydrogen-bond acceptors (Lipinski definition) is 6. The highest BCUT2D eigenvalue weighted by atomic mass is 16.2. The van der Waals surface area contributed by atoms with Crippen molar-refractivity contribution >= 4 is 22.9 Å². The number of H-pyrrole nitrogens is 1. The molecule has 4 heterocycles. The Bertz CT molecular complexity index is 1130. The third-order valence-corrected chi connectivity index (χ3v) is 6.56. The number of aromatic nitrogens is 4. The van der Waals surface area contributed by atoms with Gasteiger partial charge in [-0.2, -0.15) is 0 Å². The average Bonchev–Trinajstić information content (AvgIpc) is 3.15. The topological polar surface area (TPSA) is 113 Å². The Kier molecular flexibility index (Phi) is 5.19. The molecule has 0 bridgehead atoms. The fourth-order valence-corrected chi connectivity index (χ4v) is 5.02. The third kappa shape index (κ3) is 3.69. The minimum Gasteiger partial charge on any atom is -0.368 e. The number of carbonyl (C=O) groups is 1. The smallest absolute Gasteiger partial charge is 0.326 e. The van der Waals surface area contributed by atoms with Gasteiger partial charge in [0.1, 0.15) is 0 Å². The molecule has 1 amide bonds. The van der Waals surface area contributed by atoms with E-state index < -0.39 is 0 Å². The van der Waals surface area contributed by atoms with E-state index in [9.17, 15) is 9.59 Å². The van der Waals surface area contributed by atoms with Crippen molar-refractivity contribution in [2.75, 3.05) is 25.4 Å². The molecule has 2 aromatic heterocycles. The predicted molar refractivity (Wildman–Crippen MR) is 118 cm³/mol. The molecular weight excluding hydrogens is 394 g/mol. The number of likely N-dealkylation sites (tertiary alicyclic amines) is 2. The standard InChI is InChI=1S/C22H27N7O2/c23-21-24-13-15(14-25-21)20(30)28-10-4-3-7-19(28)27-11-8-16(9-12-27)29-18-6-2-1-5-17(18)26-22(29)31/h1-2,5-6,13-14,16,19H,3-4,7-12H2,(H,26,31)(H2,23,24,25). The van der Waals surface area contributed by atoms with Crippen molar-refractivity contribution in [1.82, 2.24) is 29.3 Å². The predicted octanol–water partition coefficient (Wildman–Crippen LogP) is 1.99. The largest absolute Gasteiger partial charge is 0.368 e. The molecule has 1 aromatic carbocycles. The SMILES string of the molecule is Nc1ncc(C(=O)N2CCCCC2N2CCC(n3c(=O)[nH]c4ccccc43)CC2)cn1. The van der Waals surface area contributed by atoms with Crippen LogP contribution in [0.3, 0.4) is 0 Å². The summed E-state index contributed by atoms with van der Waals surface area (Å²) < 4.78 is 1.90. The van der Waals surface area contributed by atoms with Gasteiger partial charge in [0.15, 0.2) is 0 Å². The molecule has 0 spiro atoms. The fourth-order valence-electron chi connectivity index (χ4n) is 5.02. The molecule has 3 aromatic rings. The average molecular weight is 422 g/mol. The maximum Gasteiger partial charge on any atom is 0.326 e. The summed E-state index contributed by atoms with van der Waals surface area (Å²) >= 11 is 0. The van der Waals surface area contributed by atoms with Gasteiger partial charge < -0.3 is 15.6 Å². The zero-order chi connectivity index (χ0) is 21.4. The minimum atomic E-state index is -0.0440. The number of nitrogens with zero attached hydrogens (tertiary/aromatic N) is 5. The van der Waals surface area contributed by atoms with Gasteiger partial charge in [0.25, 0.3) is 5.91 Å². The second-order valence-electron chi connectivity index (χ2n) is 8.39. The molecule has 2 aliphatic rings. The summed E-state index contributed by atoms with van der Waals surface area (Å²) in [4.78, 5) is 41.0. The van der Waals surface area contributed by atoms with Gasteiger partial charge >= 0.3 is 5.69 Å². The molecule has 5 rings (SSSR count). The van der Waals surface area contributed by atoms with E-state index in [2.05, 4.69) is 19.9 Å². The van der Waals surface area contributed by atoms with Crippen LogP contribution in [0.1, 0.15) is 48.5 Å². The van der Waals surface area contributed by atoms with Crippen LogP contribution in [0.15, 0.2) is 41.5 Å². The van der Waals surface area contributed by atoms with Crippen LogP contribution in [0.2, 0.25) is 0 Å². The highest BCUT2D eigenvalue weighted by molar-refractivity contribution is 5.94.